The van der Waals surface area contributed by atoms with Crippen LogP contribution in [0.4, 0.5) is 5.69 Å². The molecule has 0 saturated carbocycles. The van der Waals surface area contributed by atoms with Crippen LogP contribution in [0, 0.1) is 6.92 Å². The second-order valence-electron chi connectivity index (χ2n) is 3.86. The predicted octanol–water partition coefficient (Wildman–Crippen LogP) is 3.65. The molecule has 0 aliphatic rings. The molecular formula is C13H12ClNO2S. The van der Waals surface area contributed by atoms with E-state index in [0.29, 0.717) is 15.6 Å². The number of halogens is 1. The minimum Gasteiger partial charge on any atom is -0.456 e. The minimum atomic E-state index is -0.350. The van der Waals surface area contributed by atoms with E-state index in [1.165, 1.54) is 11.3 Å². The highest BCUT2D eigenvalue weighted by Crippen LogP contribution is 2.22. The van der Waals surface area contributed by atoms with Crippen molar-refractivity contribution in [2.45, 2.75) is 13.5 Å². The maximum absolute atomic E-state index is 11.9. The molecule has 0 bridgehead atoms. The Labute approximate surface area is 114 Å². The lowest BCUT2D eigenvalue weighted by Gasteiger charge is -2.06. The van der Waals surface area contributed by atoms with E-state index >= 15 is 0 Å². The first-order chi connectivity index (χ1) is 8.56. The van der Waals surface area contributed by atoms with Gasteiger partial charge in [0.05, 0.1) is 9.90 Å². The third kappa shape index (κ3) is 3.03. The first-order valence-corrected chi connectivity index (χ1v) is 6.53. The number of hydrogen-bond donors (Lipinski definition) is 1. The molecule has 1 aromatic heterocycles. The van der Waals surface area contributed by atoms with Crippen LogP contribution < -0.4 is 5.73 Å². The largest absolute Gasteiger partial charge is 0.456 e. The van der Waals surface area contributed by atoms with Crippen molar-refractivity contribution < 1.29 is 9.53 Å². The molecule has 0 saturated heterocycles. The van der Waals surface area contributed by atoms with E-state index in [9.17, 15) is 4.79 Å². The lowest BCUT2D eigenvalue weighted by molar-refractivity contribution is 0.0476. The summed E-state index contributed by atoms with van der Waals surface area (Å²) in [4.78, 5) is 12.8. The number of ether oxygens (including phenoxy) is 1. The van der Waals surface area contributed by atoms with Gasteiger partial charge in [-0.1, -0.05) is 11.6 Å². The van der Waals surface area contributed by atoms with Gasteiger partial charge in [-0.25, -0.2) is 4.79 Å². The SMILES string of the molecule is Cc1cc(N)ccc1C(=O)OCc1ccc(Cl)s1. The summed E-state index contributed by atoms with van der Waals surface area (Å²) in [7, 11) is 0. The normalized spacial score (nSPS) is 10.3. The molecule has 1 heterocycles. The number of aryl methyl sites for hydroxylation is 1. The van der Waals surface area contributed by atoms with Gasteiger partial charge in [0.25, 0.3) is 0 Å². The second kappa shape index (κ2) is 5.42. The molecule has 18 heavy (non-hydrogen) atoms. The van der Waals surface area contributed by atoms with Crippen LogP contribution in [0.2, 0.25) is 4.34 Å². The fraction of sp³-hybridized carbons (Fsp3) is 0.154. The van der Waals surface area contributed by atoms with Crippen LogP contribution in [-0.2, 0) is 11.3 Å². The molecule has 2 N–H and O–H groups in total. The molecule has 5 heteroatoms. The van der Waals surface area contributed by atoms with Crippen LogP contribution in [0.25, 0.3) is 0 Å². The number of nitrogen functional groups attached to an aromatic ring is 1. The summed E-state index contributed by atoms with van der Waals surface area (Å²) in [5.41, 5.74) is 7.61. The summed E-state index contributed by atoms with van der Waals surface area (Å²) in [6, 6.07) is 8.73. The van der Waals surface area contributed by atoms with Crippen LogP contribution >= 0.6 is 22.9 Å². The van der Waals surface area contributed by atoms with Gasteiger partial charge in [0.1, 0.15) is 6.61 Å². The minimum absolute atomic E-state index is 0.236. The van der Waals surface area contributed by atoms with Gasteiger partial charge in [0, 0.05) is 10.6 Å². The lowest BCUT2D eigenvalue weighted by atomic mass is 10.1. The number of hydrogen-bond acceptors (Lipinski definition) is 4. The van der Waals surface area contributed by atoms with Gasteiger partial charge in [0.2, 0.25) is 0 Å². The molecule has 0 amide bonds. The molecule has 2 rings (SSSR count). The molecule has 0 aliphatic heterocycles. The molecule has 2 aromatic rings. The summed E-state index contributed by atoms with van der Waals surface area (Å²) in [6.45, 7) is 2.06. The lowest BCUT2D eigenvalue weighted by Crippen LogP contribution is -2.07. The van der Waals surface area contributed by atoms with Crippen LogP contribution in [0.5, 0.6) is 0 Å². The zero-order valence-electron chi connectivity index (χ0n) is 9.77. The fourth-order valence-electron chi connectivity index (χ4n) is 1.56. The Hall–Kier alpha value is -1.52. The highest BCUT2D eigenvalue weighted by Gasteiger charge is 2.11. The van der Waals surface area contributed by atoms with Crippen molar-refractivity contribution in [2.24, 2.45) is 0 Å². The summed E-state index contributed by atoms with van der Waals surface area (Å²) in [6.07, 6.45) is 0. The molecule has 94 valence electrons. The maximum atomic E-state index is 11.9. The molecule has 3 nitrogen and oxygen atoms in total. The number of nitrogens with two attached hydrogens (primary N) is 1. The predicted molar refractivity (Wildman–Crippen MR) is 74.0 cm³/mol. The van der Waals surface area contributed by atoms with Crippen LogP contribution in [0.1, 0.15) is 20.8 Å². The van der Waals surface area contributed by atoms with E-state index in [4.69, 9.17) is 22.1 Å². The van der Waals surface area contributed by atoms with Gasteiger partial charge in [-0.15, -0.1) is 11.3 Å². The van der Waals surface area contributed by atoms with Crippen molar-refractivity contribution in [3.05, 3.63) is 50.7 Å². The number of carbonyl (C=O) groups excluding carboxylic acids is 1. The van der Waals surface area contributed by atoms with Gasteiger partial charge < -0.3 is 10.5 Å². The Balaban J connectivity index is 2.03. The molecule has 0 unspecified atom stereocenters. The maximum Gasteiger partial charge on any atom is 0.338 e. The molecule has 1 aromatic carbocycles. The Kier molecular flexibility index (Phi) is 3.89. The standard InChI is InChI=1S/C13H12ClNO2S/c1-8-6-9(15)2-4-11(8)13(16)17-7-10-3-5-12(14)18-10/h2-6H,7,15H2,1H3. The van der Waals surface area contributed by atoms with Gasteiger partial charge in [-0.3, -0.25) is 0 Å². The second-order valence-corrected chi connectivity index (χ2v) is 5.66. The highest BCUT2D eigenvalue weighted by molar-refractivity contribution is 7.16. The first-order valence-electron chi connectivity index (χ1n) is 5.34. The molecule has 0 atom stereocenters. The third-order valence-corrected chi connectivity index (χ3v) is 3.65. The number of rotatable bonds is 3. The Morgan fingerprint density at radius 1 is 1.39 bits per heavy atom. The van der Waals surface area contributed by atoms with Gasteiger partial charge in [-0.2, -0.15) is 0 Å². The van der Waals surface area contributed by atoms with Gasteiger partial charge >= 0.3 is 5.97 Å². The van der Waals surface area contributed by atoms with Crippen LogP contribution in [0.15, 0.2) is 30.3 Å². The number of anilines is 1. The first kappa shape index (κ1) is 12.9. The van der Waals surface area contributed by atoms with Crippen molar-refractivity contribution in [1.82, 2.24) is 0 Å². The average molecular weight is 282 g/mol. The smallest absolute Gasteiger partial charge is 0.338 e. The summed E-state index contributed by atoms with van der Waals surface area (Å²) >= 11 is 7.20. The van der Waals surface area contributed by atoms with Crippen LogP contribution in [-0.4, -0.2) is 5.97 Å². The van der Waals surface area contributed by atoms with E-state index in [0.717, 1.165) is 10.4 Å². The highest BCUT2D eigenvalue weighted by atomic mass is 35.5. The van der Waals surface area contributed by atoms with E-state index in [2.05, 4.69) is 0 Å². The zero-order chi connectivity index (χ0) is 13.1. The topological polar surface area (TPSA) is 52.3 Å². The number of thiophene rings is 1. The number of benzene rings is 1. The molecular weight excluding hydrogens is 270 g/mol. The number of carbonyl (C=O) groups is 1. The molecule has 0 aliphatic carbocycles. The summed E-state index contributed by atoms with van der Waals surface area (Å²) < 4.78 is 5.91. The summed E-state index contributed by atoms with van der Waals surface area (Å²) in [5.74, 6) is -0.350. The molecule has 0 fully saturated rings. The number of esters is 1. The molecule has 0 radical (unpaired) electrons. The summed E-state index contributed by atoms with van der Waals surface area (Å²) in [5, 5.41) is 0. The Morgan fingerprint density at radius 3 is 2.78 bits per heavy atom. The Morgan fingerprint density at radius 2 is 2.17 bits per heavy atom. The average Bonchev–Trinajstić information content (AvgIpc) is 2.72. The third-order valence-electron chi connectivity index (χ3n) is 2.44. The van der Waals surface area contributed by atoms with Crippen molar-refractivity contribution in [3.8, 4) is 0 Å². The van der Waals surface area contributed by atoms with Crippen molar-refractivity contribution in [1.29, 1.82) is 0 Å². The van der Waals surface area contributed by atoms with Crippen molar-refractivity contribution in [2.75, 3.05) is 5.73 Å². The van der Waals surface area contributed by atoms with Crippen molar-refractivity contribution in [3.63, 3.8) is 0 Å². The Bertz CT molecular complexity index is 580. The molecule has 0 spiro atoms. The zero-order valence-corrected chi connectivity index (χ0v) is 11.3. The van der Waals surface area contributed by atoms with Crippen LogP contribution in [0.3, 0.4) is 0 Å². The van der Waals surface area contributed by atoms with E-state index in [-0.39, 0.29) is 12.6 Å². The van der Waals surface area contributed by atoms with E-state index in [1.807, 2.05) is 13.0 Å². The van der Waals surface area contributed by atoms with Crippen molar-refractivity contribution >= 4 is 34.6 Å². The van der Waals surface area contributed by atoms with Gasteiger partial charge in [-0.05, 0) is 42.8 Å². The monoisotopic (exact) mass is 281 g/mol. The van der Waals surface area contributed by atoms with E-state index in [1.54, 1.807) is 24.3 Å². The van der Waals surface area contributed by atoms with E-state index < -0.39 is 0 Å². The fourth-order valence-corrected chi connectivity index (χ4v) is 2.56. The van der Waals surface area contributed by atoms with Gasteiger partial charge in [0.15, 0.2) is 0 Å². The quantitative estimate of drug-likeness (QED) is 0.690.